The van der Waals surface area contributed by atoms with E-state index in [0.717, 1.165) is 32.1 Å². The van der Waals surface area contributed by atoms with Crippen LogP contribution >= 0.6 is 0 Å². The summed E-state index contributed by atoms with van der Waals surface area (Å²) in [6.07, 6.45) is 9.94. The van der Waals surface area contributed by atoms with Gasteiger partial charge >= 0.3 is 5.97 Å². The lowest BCUT2D eigenvalue weighted by atomic mass is 9.59. The molecule has 0 spiro atoms. The van der Waals surface area contributed by atoms with E-state index in [1.807, 2.05) is 0 Å². The van der Waals surface area contributed by atoms with Crippen molar-refractivity contribution in [3.8, 4) is 0 Å². The Kier molecular flexibility index (Phi) is 2.77. The summed E-state index contributed by atoms with van der Waals surface area (Å²) in [5.41, 5.74) is -0.777. The van der Waals surface area contributed by atoms with Gasteiger partial charge in [-0.25, -0.2) is 0 Å². The van der Waals surface area contributed by atoms with Crippen LogP contribution < -0.4 is 0 Å². The summed E-state index contributed by atoms with van der Waals surface area (Å²) in [7, 11) is 0. The molecule has 0 radical (unpaired) electrons. The molecule has 2 fully saturated rings. The van der Waals surface area contributed by atoms with Gasteiger partial charge in [-0.2, -0.15) is 0 Å². The number of hydrogen-bond acceptors (Lipinski definition) is 3. The Bertz CT molecular complexity index is 389. The Morgan fingerprint density at radius 1 is 1.44 bits per heavy atom. The van der Waals surface area contributed by atoms with Crippen molar-refractivity contribution in [3.63, 3.8) is 0 Å². The molecule has 4 atom stereocenters. The molecule has 3 rings (SSSR count). The molecular formula is C15H22O3. The number of esters is 1. The minimum absolute atomic E-state index is 0.0430. The molecule has 1 heterocycles. The maximum absolute atomic E-state index is 11.6. The van der Waals surface area contributed by atoms with Gasteiger partial charge in [0.1, 0.15) is 0 Å². The number of cyclic esters (lactones) is 1. The van der Waals surface area contributed by atoms with E-state index in [1.165, 1.54) is 0 Å². The third kappa shape index (κ3) is 1.71. The molecule has 2 aliphatic carbocycles. The molecule has 1 saturated carbocycles. The summed E-state index contributed by atoms with van der Waals surface area (Å²) in [6.45, 7) is 2.67. The number of ether oxygens (including phenoxy) is 1. The van der Waals surface area contributed by atoms with E-state index in [-0.39, 0.29) is 23.2 Å². The third-order valence-electron chi connectivity index (χ3n) is 5.40. The predicted octanol–water partition coefficient (Wildman–Crippen LogP) is 2.44. The summed E-state index contributed by atoms with van der Waals surface area (Å²) >= 11 is 0. The van der Waals surface area contributed by atoms with Gasteiger partial charge in [-0.15, -0.1) is 0 Å². The Morgan fingerprint density at radius 3 is 3.00 bits per heavy atom. The molecule has 18 heavy (non-hydrogen) atoms. The SMILES string of the molecule is CC1([C@]2(O)CC[C@@H]3C(=O)OC[C@@H]3C2)C=CCCC1. The molecule has 100 valence electrons. The zero-order valence-electron chi connectivity index (χ0n) is 11.0. The zero-order chi connectivity index (χ0) is 12.8. The van der Waals surface area contributed by atoms with Crippen LogP contribution in [-0.4, -0.2) is 23.3 Å². The smallest absolute Gasteiger partial charge is 0.309 e. The van der Waals surface area contributed by atoms with Crippen molar-refractivity contribution in [2.45, 2.75) is 51.0 Å². The van der Waals surface area contributed by atoms with Gasteiger partial charge in [0.2, 0.25) is 0 Å². The van der Waals surface area contributed by atoms with E-state index < -0.39 is 5.60 Å². The van der Waals surface area contributed by atoms with Gasteiger partial charge in [0.15, 0.2) is 0 Å². The van der Waals surface area contributed by atoms with Crippen LogP contribution in [0.2, 0.25) is 0 Å². The highest BCUT2D eigenvalue weighted by Crippen LogP contribution is 2.52. The van der Waals surface area contributed by atoms with Crippen molar-refractivity contribution >= 4 is 5.97 Å². The Morgan fingerprint density at radius 2 is 2.28 bits per heavy atom. The molecule has 1 N–H and O–H groups in total. The molecule has 1 saturated heterocycles. The van der Waals surface area contributed by atoms with Crippen LogP contribution in [-0.2, 0) is 9.53 Å². The van der Waals surface area contributed by atoms with Crippen LogP contribution in [0.3, 0.4) is 0 Å². The van der Waals surface area contributed by atoms with Crippen LogP contribution in [0.5, 0.6) is 0 Å². The summed E-state index contributed by atoms with van der Waals surface area (Å²) in [4.78, 5) is 11.6. The zero-order valence-corrected chi connectivity index (χ0v) is 11.0. The molecule has 3 aliphatic rings. The van der Waals surface area contributed by atoms with Crippen LogP contribution in [0, 0.1) is 17.3 Å². The third-order valence-corrected chi connectivity index (χ3v) is 5.40. The van der Waals surface area contributed by atoms with E-state index in [4.69, 9.17) is 4.74 Å². The molecule has 3 heteroatoms. The number of carbonyl (C=O) groups is 1. The molecule has 0 aromatic heterocycles. The number of carbonyl (C=O) groups excluding carboxylic acids is 1. The highest BCUT2D eigenvalue weighted by atomic mass is 16.5. The van der Waals surface area contributed by atoms with Crippen molar-refractivity contribution in [2.75, 3.05) is 6.61 Å². The number of allylic oxidation sites excluding steroid dienone is 1. The van der Waals surface area contributed by atoms with Crippen LogP contribution in [0.4, 0.5) is 0 Å². The lowest BCUT2D eigenvalue weighted by Gasteiger charge is -2.49. The van der Waals surface area contributed by atoms with Gasteiger partial charge < -0.3 is 9.84 Å². The van der Waals surface area contributed by atoms with Crippen molar-refractivity contribution in [1.82, 2.24) is 0 Å². The first kappa shape index (κ1) is 12.2. The molecule has 1 aliphatic heterocycles. The first-order valence-electron chi connectivity index (χ1n) is 7.11. The Balaban J connectivity index is 1.82. The summed E-state index contributed by atoms with van der Waals surface area (Å²) in [5.74, 6) is 0.219. The predicted molar refractivity (Wildman–Crippen MR) is 67.8 cm³/mol. The average Bonchev–Trinajstić information content (AvgIpc) is 2.71. The fourth-order valence-electron chi connectivity index (χ4n) is 4.01. The molecular weight excluding hydrogens is 228 g/mol. The Hall–Kier alpha value is -0.830. The van der Waals surface area contributed by atoms with Crippen LogP contribution in [0.25, 0.3) is 0 Å². The first-order valence-corrected chi connectivity index (χ1v) is 7.11. The topological polar surface area (TPSA) is 46.5 Å². The van der Waals surface area contributed by atoms with E-state index >= 15 is 0 Å². The fraction of sp³-hybridized carbons (Fsp3) is 0.800. The number of fused-ring (bicyclic) bond motifs is 1. The summed E-state index contributed by atoms with van der Waals surface area (Å²) in [5, 5.41) is 11.1. The maximum Gasteiger partial charge on any atom is 0.309 e. The van der Waals surface area contributed by atoms with Crippen LogP contribution in [0.1, 0.15) is 45.4 Å². The standard InChI is InChI=1S/C15H22O3/c1-14(6-3-2-4-7-14)15(17)8-5-12-11(9-15)10-18-13(12)16/h3,6,11-12,17H,2,4-5,7-10H2,1H3/t11-,12-,14?,15-/m0/s1. The second-order valence-electron chi connectivity index (χ2n) is 6.48. The molecule has 0 bridgehead atoms. The van der Waals surface area contributed by atoms with Gasteiger partial charge in [0, 0.05) is 11.3 Å². The second kappa shape index (κ2) is 4.09. The van der Waals surface area contributed by atoms with Crippen molar-refractivity contribution in [3.05, 3.63) is 12.2 Å². The fourth-order valence-corrected chi connectivity index (χ4v) is 4.01. The monoisotopic (exact) mass is 250 g/mol. The molecule has 0 aromatic carbocycles. The average molecular weight is 250 g/mol. The molecule has 0 aromatic rings. The normalized spacial score (nSPS) is 47.8. The minimum Gasteiger partial charge on any atom is -0.465 e. The van der Waals surface area contributed by atoms with Gasteiger partial charge in [-0.3, -0.25) is 4.79 Å². The molecule has 1 unspecified atom stereocenters. The maximum atomic E-state index is 11.6. The van der Waals surface area contributed by atoms with Gasteiger partial charge in [0.05, 0.1) is 18.1 Å². The van der Waals surface area contributed by atoms with E-state index in [0.29, 0.717) is 13.0 Å². The second-order valence-corrected chi connectivity index (χ2v) is 6.48. The highest BCUT2D eigenvalue weighted by molar-refractivity contribution is 5.74. The van der Waals surface area contributed by atoms with Gasteiger partial charge in [-0.05, 0) is 38.5 Å². The largest absolute Gasteiger partial charge is 0.465 e. The van der Waals surface area contributed by atoms with Crippen molar-refractivity contribution < 1.29 is 14.6 Å². The van der Waals surface area contributed by atoms with E-state index in [2.05, 4.69) is 19.1 Å². The molecule has 3 nitrogen and oxygen atoms in total. The highest BCUT2D eigenvalue weighted by Gasteiger charge is 2.53. The van der Waals surface area contributed by atoms with Gasteiger partial charge in [-0.1, -0.05) is 19.1 Å². The van der Waals surface area contributed by atoms with Crippen molar-refractivity contribution in [1.29, 1.82) is 0 Å². The lowest BCUT2D eigenvalue weighted by molar-refractivity contribution is -0.143. The summed E-state index contributed by atoms with van der Waals surface area (Å²) < 4.78 is 5.15. The summed E-state index contributed by atoms with van der Waals surface area (Å²) in [6, 6.07) is 0. The van der Waals surface area contributed by atoms with Crippen molar-refractivity contribution in [2.24, 2.45) is 17.3 Å². The lowest BCUT2D eigenvalue weighted by Crippen LogP contribution is -2.51. The number of rotatable bonds is 1. The first-order chi connectivity index (χ1) is 8.54. The quantitative estimate of drug-likeness (QED) is 0.574. The minimum atomic E-state index is -0.654. The molecule has 0 amide bonds. The Labute approximate surface area is 108 Å². The van der Waals surface area contributed by atoms with Gasteiger partial charge in [0.25, 0.3) is 0 Å². The van der Waals surface area contributed by atoms with E-state index in [9.17, 15) is 9.90 Å². The number of aliphatic hydroxyl groups is 1. The van der Waals surface area contributed by atoms with Crippen LogP contribution in [0.15, 0.2) is 12.2 Å². The number of hydrogen-bond donors (Lipinski definition) is 1. The van der Waals surface area contributed by atoms with E-state index in [1.54, 1.807) is 0 Å².